The summed E-state index contributed by atoms with van der Waals surface area (Å²) in [6, 6.07) is 16.8. The molecular formula is C25H24N4O3. The van der Waals surface area contributed by atoms with Gasteiger partial charge in [-0.05, 0) is 49.2 Å². The molecule has 4 rings (SSSR count). The molecule has 7 nitrogen and oxygen atoms in total. The van der Waals surface area contributed by atoms with Crippen LogP contribution in [0.4, 0.5) is 5.69 Å². The highest BCUT2D eigenvalue weighted by molar-refractivity contribution is 6.14. The fraction of sp³-hybridized carbons (Fsp3) is 0.160. The molecule has 2 heterocycles. The smallest absolute Gasteiger partial charge is 0.250 e. The van der Waals surface area contributed by atoms with Crippen molar-refractivity contribution in [3.63, 3.8) is 0 Å². The number of aliphatic imine (C=N–C) groups is 1. The predicted molar refractivity (Wildman–Crippen MR) is 125 cm³/mol. The summed E-state index contributed by atoms with van der Waals surface area (Å²) < 4.78 is 10.9. The number of nitrogens with two attached hydrogens (primary N) is 1. The van der Waals surface area contributed by atoms with Gasteiger partial charge in [-0.15, -0.1) is 0 Å². The minimum Gasteiger partial charge on any atom is -0.494 e. The van der Waals surface area contributed by atoms with Crippen molar-refractivity contribution in [1.29, 1.82) is 0 Å². The molecule has 1 aromatic heterocycles. The Morgan fingerprint density at radius 2 is 2.00 bits per heavy atom. The number of fused-ring (bicyclic) bond motifs is 1. The van der Waals surface area contributed by atoms with Crippen LogP contribution in [0.25, 0.3) is 5.70 Å². The van der Waals surface area contributed by atoms with Crippen molar-refractivity contribution in [2.75, 3.05) is 19.0 Å². The zero-order valence-corrected chi connectivity index (χ0v) is 18.0. The zero-order valence-electron chi connectivity index (χ0n) is 18.0. The number of anilines is 1. The number of amidine groups is 1. The molecule has 0 unspecified atom stereocenters. The maximum atomic E-state index is 12.0. The van der Waals surface area contributed by atoms with E-state index in [9.17, 15) is 4.79 Å². The zero-order chi connectivity index (χ0) is 22.5. The molecule has 0 aliphatic carbocycles. The van der Waals surface area contributed by atoms with Crippen LogP contribution in [0.1, 0.15) is 34.0 Å². The van der Waals surface area contributed by atoms with Gasteiger partial charge in [-0.25, -0.2) is 9.98 Å². The van der Waals surface area contributed by atoms with E-state index >= 15 is 0 Å². The van der Waals surface area contributed by atoms with Crippen molar-refractivity contribution < 1.29 is 14.3 Å². The normalized spacial score (nSPS) is 12.7. The molecule has 32 heavy (non-hydrogen) atoms. The van der Waals surface area contributed by atoms with Gasteiger partial charge in [0.2, 0.25) is 5.88 Å². The number of para-hydroxylation sites is 1. The van der Waals surface area contributed by atoms with E-state index < -0.39 is 5.91 Å². The number of benzene rings is 2. The average Bonchev–Trinajstić information content (AvgIpc) is 2.99. The Bertz CT molecular complexity index is 1200. The Morgan fingerprint density at radius 3 is 2.72 bits per heavy atom. The first kappa shape index (κ1) is 21.1. The van der Waals surface area contributed by atoms with E-state index in [2.05, 4.69) is 16.4 Å². The van der Waals surface area contributed by atoms with Gasteiger partial charge in [0.25, 0.3) is 5.91 Å². The molecule has 7 heteroatoms. The average molecular weight is 428 g/mol. The number of nitrogens with zero attached hydrogens (tertiary/aromatic N) is 2. The molecule has 3 aromatic rings. The summed E-state index contributed by atoms with van der Waals surface area (Å²) in [7, 11) is 1.58. The van der Waals surface area contributed by atoms with E-state index in [1.165, 1.54) is 0 Å². The molecule has 3 N–H and O–H groups in total. The molecular weight excluding hydrogens is 404 g/mol. The predicted octanol–water partition coefficient (Wildman–Crippen LogP) is 4.04. The largest absolute Gasteiger partial charge is 0.494 e. The van der Waals surface area contributed by atoms with Crippen LogP contribution in [0, 0.1) is 0 Å². The minimum atomic E-state index is -0.513. The molecule has 0 radical (unpaired) electrons. The van der Waals surface area contributed by atoms with Crippen LogP contribution in [-0.4, -0.2) is 30.4 Å². The number of ether oxygens (including phenoxy) is 2. The first-order chi connectivity index (χ1) is 15.6. The lowest BCUT2D eigenvalue weighted by atomic mass is 10.0. The van der Waals surface area contributed by atoms with Crippen LogP contribution in [0.15, 0.2) is 71.9 Å². The minimum absolute atomic E-state index is 0.388. The van der Waals surface area contributed by atoms with E-state index in [1.807, 2.05) is 37.3 Å². The Hall–Kier alpha value is -4.13. The van der Waals surface area contributed by atoms with Crippen LogP contribution >= 0.6 is 0 Å². The molecule has 1 amide bonds. The van der Waals surface area contributed by atoms with Gasteiger partial charge in [0, 0.05) is 23.4 Å². The number of hydrogen-bond acceptors (Lipinski definition) is 6. The van der Waals surface area contributed by atoms with Crippen LogP contribution in [-0.2, 0) is 6.42 Å². The fourth-order valence-corrected chi connectivity index (χ4v) is 3.51. The highest BCUT2D eigenvalue weighted by Crippen LogP contribution is 2.28. The number of nitrogens with one attached hydrogen (secondary N) is 1. The number of aromatic nitrogens is 1. The SMILES string of the molecule is CCOc1ccc2c(c1)C(Nc1ccccc1C(N)=O)=NC(c1ccc(OC)nc1)=CC2. The number of carbonyl (C=O) groups excluding carboxylic acids is 1. The third-order valence-electron chi connectivity index (χ3n) is 5.08. The number of allylic oxidation sites excluding steroid dienone is 1. The molecule has 0 atom stereocenters. The van der Waals surface area contributed by atoms with E-state index in [1.54, 1.807) is 37.6 Å². The Labute approximate surface area is 186 Å². The van der Waals surface area contributed by atoms with Crippen LogP contribution in [0.5, 0.6) is 11.6 Å². The molecule has 1 aliphatic rings. The molecule has 0 saturated carbocycles. The summed E-state index contributed by atoms with van der Waals surface area (Å²) in [6.45, 7) is 2.50. The monoisotopic (exact) mass is 428 g/mol. The number of rotatable bonds is 6. The van der Waals surface area contributed by atoms with Gasteiger partial charge in [0.15, 0.2) is 0 Å². The van der Waals surface area contributed by atoms with Crippen molar-refractivity contribution in [2.45, 2.75) is 13.3 Å². The number of amides is 1. The molecule has 0 spiro atoms. The number of pyridine rings is 1. The number of carbonyl (C=O) groups is 1. The van der Waals surface area contributed by atoms with Crippen molar-refractivity contribution in [2.24, 2.45) is 10.7 Å². The van der Waals surface area contributed by atoms with Crippen LogP contribution < -0.4 is 20.5 Å². The van der Waals surface area contributed by atoms with Crippen molar-refractivity contribution in [3.05, 3.63) is 89.1 Å². The van der Waals surface area contributed by atoms with Crippen molar-refractivity contribution in [1.82, 2.24) is 4.98 Å². The summed E-state index contributed by atoms with van der Waals surface area (Å²) in [5.74, 6) is 1.36. The van der Waals surface area contributed by atoms with Gasteiger partial charge in [-0.2, -0.15) is 0 Å². The summed E-state index contributed by atoms with van der Waals surface area (Å²) in [5.41, 5.74) is 10.1. The third kappa shape index (κ3) is 4.46. The second kappa shape index (κ2) is 9.34. The highest BCUT2D eigenvalue weighted by Gasteiger charge is 2.18. The lowest BCUT2D eigenvalue weighted by Crippen LogP contribution is -2.20. The van der Waals surface area contributed by atoms with E-state index in [0.717, 1.165) is 28.1 Å². The van der Waals surface area contributed by atoms with Crippen molar-refractivity contribution >= 4 is 23.1 Å². The first-order valence-electron chi connectivity index (χ1n) is 10.3. The molecule has 0 saturated heterocycles. The second-order valence-corrected chi connectivity index (χ2v) is 7.13. The van der Waals surface area contributed by atoms with Gasteiger partial charge in [-0.1, -0.05) is 24.3 Å². The highest BCUT2D eigenvalue weighted by atomic mass is 16.5. The van der Waals surface area contributed by atoms with E-state index in [-0.39, 0.29) is 0 Å². The maximum Gasteiger partial charge on any atom is 0.250 e. The Kier molecular flexibility index (Phi) is 6.17. The summed E-state index contributed by atoms with van der Waals surface area (Å²) in [4.78, 5) is 21.2. The molecule has 0 fully saturated rings. The maximum absolute atomic E-state index is 12.0. The molecule has 2 aromatic carbocycles. The fourth-order valence-electron chi connectivity index (χ4n) is 3.51. The Balaban J connectivity index is 1.81. The number of methoxy groups -OCH3 is 1. The lowest BCUT2D eigenvalue weighted by Gasteiger charge is -2.16. The lowest BCUT2D eigenvalue weighted by molar-refractivity contribution is 0.100. The van der Waals surface area contributed by atoms with E-state index in [4.69, 9.17) is 20.2 Å². The Morgan fingerprint density at radius 1 is 1.16 bits per heavy atom. The van der Waals surface area contributed by atoms with Gasteiger partial charge in [0.05, 0.1) is 30.7 Å². The topological polar surface area (TPSA) is 98.8 Å². The van der Waals surface area contributed by atoms with Crippen LogP contribution in [0.2, 0.25) is 0 Å². The second-order valence-electron chi connectivity index (χ2n) is 7.13. The van der Waals surface area contributed by atoms with Crippen molar-refractivity contribution in [3.8, 4) is 11.6 Å². The summed E-state index contributed by atoms with van der Waals surface area (Å²) in [5, 5.41) is 3.33. The quantitative estimate of drug-likeness (QED) is 0.617. The van der Waals surface area contributed by atoms with Gasteiger partial charge < -0.3 is 20.5 Å². The summed E-state index contributed by atoms with van der Waals surface area (Å²) >= 11 is 0. The summed E-state index contributed by atoms with van der Waals surface area (Å²) in [6.07, 6.45) is 4.46. The van der Waals surface area contributed by atoms with Gasteiger partial charge >= 0.3 is 0 Å². The third-order valence-corrected chi connectivity index (χ3v) is 5.08. The number of hydrogen-bond donors (Lipinski definition) is 2. The first-order valence-corrected chi connectivity index (χ1v) is 10.3. The number of primary amides is 1. The molecule has 162 valence electrons. The van der Waals surface area contributed by atoms with Gasteiger partial charge in [-0.3, -0.25) is 4.79 Å². The van der Waals surface area contributed by atoms with Crippen LogP contribution in [0.3, 0.4) is 0 Å². The van der Waals surface area contributed by atoms with Gasteiger partial charge in [0.1, 0.15) is 11.6 Å². The standard InChI is InChI=1S/C25H24N4O3/c1-3-32-18-11-8-16-9-12-21(17-10-13-23(31-2)27-15-17)28-25(20(16)14-18)29-22-7-5-4-6-19(22)24(26)30/h4-8,10-15H,3,9H2,1-2H3,(H2,26,30)(H,28,29). The molecule has 0 bridgehead atoms. The molecule has 1 aliphatic heterocycles. The van der Waals surface area contributed by atoms with E-state index in [0.29, 0.717) is 36.0 Å².